The number of carboxylic acid groups (broad SMARTS) is 1. The second kappa shape index (κ2) is 6.43. The quantitative estimate of drug-likeness (QED) is 0.801. The number of hydrogen-bond acceptors (Lipinski definition) is 6. The Labute approximate surface area is 128 Å². The Morgan fingerprint density at radius 2 is 2.14 bits per heavy atom. The standard InChI is InChI=1S/C13H19FN4O.CH2O2/c1-17(2)11-9(14)8-15-12(16-11)18-7-3-4-10(18)13(19)5-6-13;2-1-3/h8,10,19H,3-7H2,1-2H3;1H,(H,2,3). The van der Waals surface area contributed by atoms with Crippen LogP contribution in [-0.2, 0) is 4.79 Å². The highest BCUT2D eigenvalue weighted by Gasteiger charge is 2.52. The average Bonchev–Trinajstić information content (AvgIpc) is 3.03. The molecule has 1 saturated carbocycles. The van der Waals surface area contributed by atoms with E-state index >= 15 is 0 Å². The van der Waals surface area contributed by atoms with Crippen molar-refractivity contribution in [1.82, 2.24) is 9.97 Å². The van der Waals surface area contributed by atoms with E-state index < -0.39 is 11.4 Å². The number of aromatic nitrogens is 2. The maximum Gasteiger partial charge on any atom is 0.290 e. The van der Waals surface area contributed by atoms with Crippen LogP contribution in [0, 0.1) is 5.82 Å². The summed E-state index contributed by atoms with van der Waals surface area (Å²) in [4.78, 5) is 20.4. The van der Waals surface area contributed by atoms with Crippen molar-refractivity contribution in [1.29, 1.82) is 0 Å². The summed E-state index contributed by atoms with van der Waals surface area (Å²) in [5.74, 6) is 0.390. The summed E-state index contributed by atoms with van der Waals surface area (Å²) in [5.41, 5.74) is -0.577. The molecule has 122 valence electrons. The number of hydrogen-bond donors (Lipinski definition) is 2. The van der Waals surface area contributed by atoms with Gasteiger partial charge in [0.05, 0.1) is 17.8 Å². The minimum Gasteiger partial charge on any atom is -0.483 e. The van der Waals surface area contributed by atoms with E-state index in [4.69, 9.17) is 9.90 Å². The van der Waals surface area contributed by atoms with Gasteiger partial charge in [0.2, 0.25) is 5.95 Å². The molecule has 0 radical (unpaired) electrons. The molecular formula is C14H21FN4O3. The molecule has 3 rings (SSSR count). The van der Waals surface area contributed by atoms with Crippen molar-refractivity contribution in [2.75, 3.05) is 30.4 Å². The molecule has 8 heteroatoms. The minimum absolute atomic E-state index is 0.0768. The van der Waals surface area contributed by atoms with Crippen molar-refractivity contribution >= 4 is 18.2 Å². The molecule has 1 aliphatic carbocycles. The van der Waals surface area contributed by atoms with Crippen LogP contribution in [0.25, 0.3) is 0 Å². The van der Waals surface area contributed by atoms with Gasteiger partial charge in [0.15, 0.2) is 11.6 Å². The summed E-state index contributed by atoms with van der Waals surface area (Å²) in [6, 6.07) is 0.0768. The molecule has 2 heterocycles. The van der Waals surface area contributed by atoms with Crippen LogP contribution in [0.1, 0.15) is 25.7 Å². The van der Waals surface area contributed by atoms with Crippen molar-refractivity contribution in [3.05, 3.63) is 12.0 Å². The second-order valence-corrected chi connectivity index (χ2v) is 5.80. The Morgan fingerprint density at radius 1 is 1.50 bits per heavy atom. The summed E-state index contributed by atoms with van der Waals surface area (Å²) in [6.45, 7) is 0.575. The Hall–Kier alpha value is -1.96. The van der Waals surface area contributed by atoms with E-state index in [0.29, 0.717) is 11.8 Å². The first-order chi connectivity index (χ1) is 10.4. The van der Waals surface area contributed by atoms with Gasteiger partial charge >= 0.3 is 0 Å². The predicted octanol–water partition coefficient (Wildman–Crippen LogP) is 0.876. The third-order valence-corrected chi connectivity index (χ3v) is 4.03. The fourth-order valence-electron chi connectivity index (χ4n) is 2.83. The number of carbonyl (C=O) groups is 1. The van der Waals surface area contributed by atoms with E-state index in [1.54, 1.807) is 19.0 Å². The summed E-state index contributed by atoms with van der Waals surface area (Å²) in [5, 5.41) is 17.2. The maximum absolute atomic E-state index is 13.6. The van der Waals surface area contributed by atoms with Crippen molar-refractivity contribution in [2.24, 2.45) is 0 Å². The van der Waals surface area contributed by atoms with Crippen LogP contribution in [0.15, 0.2) is 6.20 Å². The monoisotopic (exact) mass is 312 g/mol. The van der Waals surface area contributed by atoms with E-state index in [2.05, 4.69) is 9.97 Å². The highest BCUT2D eigenvalue weighted by molar-refractivity contribution is 5.45. The van der Waals surface area contributed by atoms with Gasteiger partial charge in [-0.1, -0.05) is 0 Å². The molecular weight excluding hydrogens is 291 g/mol. The third-order valence-electron chi connectivity index (χ3n) is 4.03. The molecule has 1 aliphatic heterocycles. The lowest BCUT2D eigenvalue weighted by molar-refractivity contribution is -0.122. The third kappa shape index (κ3) is 3.27. The van der Waals surface area contributed by atoms with E-state index in [0.717, 1.165) is 32.2 Å². The average molecular weight is 312 g/mol. The molecule has 7 nitrogen and oxygen atoms in total. The first-order valence-electron chi connectivity index (χ1n) is 7.19. The summed E-state index contributed by atoms with van der Waals surface area (Å²) < 4.78 is 13.6. The molecule has 1 atom stereocenters. The molecule has 0 spiro atoms. The van der Waals surface area contributed by atoms with Gasteiger partial charge in [-0.05, 0) is 25.7 Å². The number of anilines is 2. The number of nitrogens with zero attached hydrogens (tertiary/aromatic N) is 4. The highest BCUT2D eigenvalue weighted by atomic mass is 19.1. The smallest absolute Gasteiger partial charge is 0.290 e. The molecule has 1 saturated heterocycles. The van der Waals surface area contributed by atoms with Gasteiger partial charge in [-0.3, -0.25) is 4.79 Å². The van der Waals surface area contributed by atoms with Gasteiger partial charge in [-0.25, -0.2) is 9.37 Å². The van der Waals surface area contributed by atoms with Gasteiger partial charge in [-0.2, -0.15) is 4.98 Å². The van der Waals surface area contributed by atoms with Crippen molar-refractivity contribution in [2.45, 2.75) is 37.3 Å². The van der Waals surface area contributed by atoms with Crippen LogP contribution in [0.5, 0.6) is 0 Å². The van der Waals surface area contributed by atoms with E-state index in [-0.39, 0.29) is 12.5 Å². The van der Waals surface area contributed by atoms with Crippen LogP contribution in [-0.4, -0.2) is 58.9 Å². The molecule has 2 aliphatic rings. The Morgan fingerprint density at radius 3 is 2.68 bits per heavy atom. The Balaban J connectivity index is 0.000000545. The lowest BCUT2D eigenvalue weighted by atomic mass is 10.1. The lowest BCUT2D eigenvalue weighted by Gasteiger charge is -2.29. The largest absolute Gasteiger partial charge is 0.483 e. The minimum atomic E-state index is -0.577. The SMILES string of the molecule is CN(C)c1nc(N2CCCC2C2(O)CC2)ncc1F.O=CO. The van der Waals surface area contributed by atoms with Gasteiger partial charge < -0.3 is 20.0 Å². The highest BCUT2D eigenvalue weighted by Crippen LogP contribution is 2.45. The van der Waals surface area contributed by atoms with Crippen LogP contribution in [0.3, 0.4) is 0 Å². The summed E-state index contributed by atoms with van der Waals surface area (Å²) >= 11 is 0. The molecule has 0 aromatic carbocycles. The first-order valence-corrected chi connectivity index (χ1v) is 7.19. The summed E-state index contributed by atoms with van der Waals surface area (Å²) in [7, 11) is 3.51. The molecule has 2 fully saturated rings. The zero-order valence-corrected chi connectivity index (χ0v) is 12.7. The van der Waals surface area contributed by atoms with Crippen molar-refractivity contribution in [3.63, 3.8) is 0 Å². The van der Waals surface area contributed by atoms with Crippen LogP contribution < -0.4 is 9.80 Å². The fourth-order valence-corrected chi connectivity index (χ4v) is 2.83. The molecule has 1 aromatic heterocycles. The first kappa shape index (κ1) is 16.4. The number of halogens is 1. The van der Waals surface area contributed by atoms with E-state index in [9.17, 15) is 9.50 Å². The number of aliphatic hydroxyl groups is 1. The zero-order chi connectivity index (χ0) is 16.3. The van der Waals surface area contributed by atoms with Crippen LogP contribution in [0.2, 0.25) is 0 Å². The van der Waals surface area contributed by atoms with Gasteiger partial charge in [0, 0.05) is 20.6 Å². The topological polar surface area (TPSA) is 89.8 Å². The second-order valence-electron chi connectivity index (χ2n) is 5.80. The zero-order valence-electron chi connectivity index (χ0n) is 12.7. The molecule has 1 unspecified atom stereocenters. The van der Waals surface area contributed by atoms with Gasteiger partial charge in [0.1, 0.15) is 0 Å². The normalized spacial score (nSPS) is 21.8. The van der Waals surface area contributed by atoms with Gasteiger partial charge in [-0.15, -0.1) is 0 Å². The molecule has 0 amide bonds. The fraction of sp³-hybridized carbons (Fsp3) is 0.643. The Kier molecular flexibility index (Phi) is 4.80. The van der Waals surface area contributed by atoms with Crippen molar-refractivity contribution in [3.8, 4) is 0 Å². The van der Waals surface area contributed by atoms with E-state index in [1.165, 1.54) is 6.20 Å². The molecule has 0 bridgehead atoms. The summed E-state index contributed by atoms with van der Waals surface area (Å²) in [6.07, 6.45) is 4.87. The lowest BCUT2D eigenvalue weighted by Crippen LogP contribution is -2.41. The predicted molar refractivity (Wildman–Crippen MR) is 79.6 cm³/mol. The molecule has 2 N–H and O–H groups in total. The number of rotatable bonds is 3. The van der Waals surface area contributed by atoms with Crippen LogP contribution >= 0.6 is 0 Å². The maximum atomic E-state index is 13.6. The Bertz CT molecular complexity index is 537. The van der Waals surface area contributed by atoms with Crippen LogP contribution in [0.4, 0.5) is 16.2 Å². The molecule has 1 aromatic rings. The van der Waals surface area contributed by atoms with Gasteiger partial charge in [0.25, 0.3) is 6.47 Å². The molecule has 22 heavy (non-hydrogen) atoms. The van der Waals surface area contributed by atoms with E-state index in [1.807, 2.05) is 4.90 Å². The van der Waals surface area contributed by atoms with Crippen molar-refractivity contribution < 1.29 is 19.4 Å².